The van der Waals surface area contributed by atoms with E-state index in [1.165, 1.54) is 38.6 Å². The minimum absolute atomic E-state index is 0.814. The van der Waals surface area contributed by atoms with Gasteiger partial charge in [0.05, 0.1) is 0 Å². The normalized spacial score (nSPS) is 37.2. The van der Waals surface area contributed by atoms with Crippen LogP contribution in [0.25, 0.3) is 0 Å². The molecule has 0 heterocycles. The molecule has 0 aromatic carbocycles. The van der Waals surface area contributed by atoms with Crippen molar-refractivity contribution in [3.8, 4) is 0 Å². The molecule has 1 N–H and O–H groups in total. The third kappa shape index (κ3) is 3.21. The molecule has 1 nitrogen and oxygen atoms in total. The van der Waals surface area contributed by atoms with Crippen molar-refractivity contribution in [1.29, 1.82) is 0 Å². The van der Waals surface area contributed by atoms with Crippen LogP contribution >= 0.6 is 0 Å². The zero-order chi connectivity index (χ0) is 10.8. The molecule has 2 fully saturated rings. The molecule has 0 aromatic heterocycles. The molecule has 0 aromatic rings. The largest absolute Gasteiger partial charge is 0.313 e. The second kappa shape index (κ2) is 4.86. The van der Waals surface area contributed by atoms with Crippen molar-refractivity contribution < 1.29 is 0 Å². The Hall–Kier alpha value is -0.0400. The van der Waals surface area contributed by atoms with E-state index >= 15 is 0 Å². The summed E-state index contributed by atoms with van der Waals surface area (Å²) in [6.45, 7) is 8.50. The van der Waals surface area contributed by atoms with Crippen LogP contribution in [0, 0.1) is 23.7 Å². The molecule has 0 bridgehead atoms. The maximum absolute atomic E-state index is 3.85. The van der Waals surface area contributed by atoms with Gasteiger partial charge in [-0.3, -0.25) is 0 Å². The molecule has 0 saturated heterocycles. The van der Waals surface area contributed by atoms with Crippen molar-refractivity contribution in [3.05, 3.63) is 0 Å². The maximum Gasteiger partial charge on any atom is 0.0100 e. The van der Waals surface area contributed by atoms with Gasteiger partial charge in [-0.1, -0.05) is 27.2 Å². The van der Waals surface area contributed by atoms with Gasteiger partial charge in [0, 0.05) is 6.04 Å². The molecular formula is C14H27N. The smallest absolute Gasteiger partial charge is 0.0100 e. The van der Waals surface area contributed by atoms with E-state index in [1.54, 1.807) is 0 Å². The van der Waals surface area contributed by atoms with Crippen molar-refractivity contribution in [2.45, 2.75) is 58.9 Å². The molecule has 0 aliphatic heterocycles. The Morgan fingerprint density at radius 1 is 1.13 bits per heavy atom. The van der Waals surface area contributed by atoms with Crippen LogP contribution in [0.4, 0.5) is 0 Å². The van der Waals surface area contributed by atoms with Crippen LogP contribution in [-0.2, 0) is 0 Å². The summed E-state index contributed by atoms with van der Waals surface area (Å²) >= 11 is 0. The zero-order valence-corrected chi connectivity index (χ0v) is 10.6. The summed E-state index contributed by atoms with van der Waals surface area (Å²) < 4.78 is 0. The van der Waals surface area contributed by atoms with E-state index in [9.17, 15) is 0 Å². The number of nitrogens with one attached hydrogen (secondary N) is 1. The summed E-state index contributed by atoms with van der Waals surface area (Å²) in [6, 6.07) is 0.814. The highest BCUT2D eigenvalue weighted by atomic mass is 14.9. The van der Waals surface area contributed by atoms with Crippen molar-refractivity contribution in [2.75, 3.05) is 6.54 Å². The fraction of sp³-hybridized carbons (Fsp3) is 1.00. The highest BCUT2D eigenvalue weighted by Gasteiger charge is 2.31. The quantitative estimate of drug-likeness (QED) is 0.748. The van der Waals surface area contributed by atoms with E-state index in [0.29, 0.717) is 0 Å². The maximum atomic E-state index is 3.85. The van der Waals surface area contributed by atoms with Gasteiger partial charge in [0.1, 0.15) is 0 Å². The molecule has 1 heteroatoms. The van der Waals surface area contributed by atoms with Crippen LogP contribution in [0.15, 0.2) is 0 Å². The Morgan fingerprint density at radius 2 is 1.87 bits per heavy atom. The predicted octanol–water partition coefficient (Wildman–Crippen LogP) is 3.45. The average molecular weight is 209 g/mol. The van der Waals surface area contributed by atoms with E-state index in [0.717, 1.165) is 29.7 Å². The van der Waals surface area contributed by atoms with Crippen LogP contribution in [0.1, 0.15) is 52.9 Å². The number of rotatable bonds is 4. The first-order valence-electron chi connectivity index (χ1n) is 6.90. The van der Waals surface area contributed by atoms with Gasteiger partial charge in [-0.15, -0.1) is 0 Å². The van der Waals surface area contributed by atoms with Crippen LogP contribution in [0.3, 0.4) is 0 Å². The van der Waals surface area contributed by atoms with Gasteiger partial charge in [0.15, 0.2) is 0 Å². The summed E-state index contributed by atoms with van der Waals surface area (Å²) in [5.74, 6) is 3.75. The summed E-state index contributed by atoms with van der Waals surface area (Å²) in [4.78, 5) is 0. The lowest BCUT2D eigenvalue weighted by molar-refractivity contribution is 0.169. The van der Waals surface area contributed by atoms with Gasteiger partial charge in [-0.25, -0.2) is 0 Å². The molecule has 2 aliphatic rings. The van der Waals surface area contributed by atoms with E-state index in [2.05, 4.69) is 26.1 Å². The minimum Gasteiger partial charge on any atom is -0.313 e. The van der Waals surface area contributed by atoms with Crippen molar-refractivity contribution in [1.82, 2.24) is 5.32 Å². The Bertz CT molecular complexity index is 196. The first kappa shape index (κ1) is 11.4. The molecule has 3 atom stereocenters. The van der Waals surface area contributed by atoms with Crippen molar-refractivity contribution in [3.63, 3.8) is 0 Å². The van der Waals surface area contributed by atoms with Gasteiger partial charge >= 0.3 is 0 Å². The van der Waals surface area contributed by atoms with Gasteiger partial charge in [0.25, 0.3) is 0 Å². The molecular weight excluding hydrogens is 182 g/mol. The summed E-state index contributed by atoms with van der Waals surface area (Å²) in [5.41, 5.74) is 0. The standard InChI is InChI=1S/C14H27N/c1-10(2)13-7-4-11(3)8-14(13)15-9-12-5-6-12/h10-15H,4-9H2,1-3H3/t11-,13+,14+/m0/s1. The summed E-state index contributed by atoms with van der Waals surface area (Å²) in [5, 5.41) is 3.85. The highest BCUT2D eigenvalue weighted by Crippen LogP contribution is 2.34. The van der Waals surface area contributed by atoms with Gasteiger partial charge in [-0.2, -0.15) is 0 Å². The number of hydrogen-bond donors (Lipinski definition) is 1. The summed E-state index contributed by atoms with van der Waals surface area (Å²) in [7, 11) is 0. The zero-order valence-electron chi connectivity index (χ0n) is 10.6. The minimum atomic E-state index is 0.814. The molecule has 2 aliphatic carbocycles. The second-order valence-corrected chi connectivity index (χ2v) is 6.28. The SMILES string of the molecule is CC(C)[C@H]1CC[C@H](C)C[C@H]1NCC1CC1. The lowest BCUT2D eigenvalue weighted by atomic mass is 9.74. The fourth-order valence-corrected chi connectivity index (χ4v) is 3.08. The predicted molar refractivity (Wildman–Crippen MR) is 65.9 cm³/mol. The van der Waals surface area contributed by atoms with Crippen molar-refractivity contribution >= 4 is 0 Å². The number of hydrogen-bond acceptors (Lipinski definition) is 1. The van der Waals surface area contributed by atoms with E-state index in [-0.39, 0.29) is 0 Å². The molecule has 0 spiro atoms. The molecule has 2 saturated carbocycles. The third-order valence-electron chi connectivity index (χ3n) is 4.39. The molecule has 0 unspecified atom stereocenters. The molecule has 88 valence electrons. The third-order valence-corrected chi connectivity index (χ3v) is 4.39. The Morgan fingerprint density at radius 3 is 2.47 bits per heavy atom. The van der Waals surface area contributed by atoms with Crippen molar-refractivity contribution in [2.24, 2.45) is 23.7 Å². The average Bonchev–Trinajstić information content (AvgIpc) is 2.97. The first-order chi connectivity index (χ1) is 7.16. The Kier molecular flexibility index (Phi) is 3.71. The van der Waals surface area contributed by atoms with Gasteiger partial charge in [-0.05, 0) is 55.9 Å². The second-order valence-electron chi connectivity index (χ2n) is 6.28. The fourth-order valence-electron chi connectivity index (χ4n) is 3.08. The van der Waals surface area contributed by atoms with E-state index in [4.69, 9.17) is 0 Å². The molecule has 0 radical (unpaired) electrons. The van der Waals surface area contributed by atoms with Crippen LogP contribution in [-0.4, -0.2) is 12.6 Å². The lowest BCUT2D eigenvalue weighted by Gasteiger charge is -2.38. The molecule has 15 heavy (non-hydrogen) atoms. The molecule has 2 rings (SSSR count). The van der Waals surface area contributed by atoms with E-state index in [1.807, 2.05) is 0 Å². The van der Waals surface area contributed by atoms with Gasteiger partial charge < -0.3 is 5.32 Å². The first-order valence-corrected chi connectivity index (χ1v) is 6.90. The van der Waals surface area contributed by atoms with Crippen LogP contribution in [0.5, 0.6) is 0 Å². The van der Waals surface area contributed by atoms with Crippen LogP contribution in [0.2, 0.25) is 0 Å². The Labute approximate surface area is 95.0 Å². The monoisotopic (exact) mass is 209 g/mol. The van der Waals surface area contributed by atoms with E-state index < -0.39 is 0 Å². The molecule has 0 amide bonds. The topological polar surface area (TPSA) is 12.0 Å². The van der Waals surface area contributed by atoms with Crippen LogP contribution < -0.4 is 5.32 Å². The summed E-state index contributed by atoms with van der Waals surface area (Å²) in [6.07, 6.45) is 7.25. The Balaban J connectivity index is 1.83. The highest BCUT2D eigenvalue weighted by molar-refractivity contribution is 4.87. The van der Waals surface area contributed by atoms with Gasteiger partial charge in [0.2, 0.25) is 0 Å². The lowest BCUT2D eigenvalue weighted by Crippen LogP contribution is -2.43.